The molecule has 0 aliphatic carbocycles. The Morgan fingerprint density at radius 1 is 1.26 bits per heavy atom. The van der Waals surface area contributed by atoms with Crippen LogP contribution in [-0.4, -0.2) is 6.61 Å². The quantitative estimate of drug-likeness (QED) is 0.476. The van der Waals surface area contributed by atoms with Crippen LogP contribution in [0.5, 0.6) is 5.75 Å². The fraction of sp³-hybridized carbons (Fsp3) is 0.625. The van der Waals surface area contributed by atoms with E-state index in [2.05, 4.69) is 64.8 Å². The third kappa shape index (κ3) is 5.47. The lowest BCUT2D eigenvalue weighted by molar-refractivity contribution is 0.231. The van der Waals surface area contributed by atoms with E-state index in [1.165, 1.54) is 36.8 Å². The largest absolute Gasteiger partial charge is 0.493 e. The first-order valence-corrected chi connectivity index (χ1v) is 9.01. The molecule has 0 radical (unpaired) electrons. The van der Waals surface area contributed by atoms with Gasteiger partial charge in [-0.25, -0.2) is 0 Å². The van der Waals surface area contributed by atoms with Crippen LogP contribution in [0.25, 0.3) is 0 Å². The Kier molecular flexibility index (Phi) is 8.08. The number of rotatable bonds is 8. The molecule has 1 nitrogen and oxygen atoms in total. The van der Waals surface area contributed by atoms with Crippen molar-refractivity contribution < 1.29 is 4.74 Å². The summed E-state index contributed by atoms with van der Waals surface area (Å²) in [5.41, 5.74) is 2.42. The number of aryl methyl sites for hydroxylation is 1. The summed E-state index contributed by atoms with van der Waals surface area (Å²) < 4.78 is 7.23. The summed E-state index contributed by atoms with van der Waals surface area (Å²) in [6.07, 6.45) is 5.03. The smallest absolute Gasteiger partial charge is 0.126 e. The highest BCUT2D eigenvalue weighted by Gasteiger charge is 2.12. The van der Waals surface area contributed by atoms with E-state index in [9.17, 15) is 0 Å². The molecule has 1 aromatic carbocycles. The van der Waals surface area contributed by atoms with E-state index in [-0.39, 0.29) is 0 Å². The Hall–Kier alpha value is -0.0200. The Morgan fingerprint density at radius 3 is 2.58 bits per heavy atom. The third-order valence-electron chi connectivity index (χ3n) is 3.47. The number of unbranched alkanes of at least 4 members (excludes halogenated alkanes) is 1. The zero-order valence-electron chi connectivity index (χ0n) is 12.1. The second-order valence-electron chi connectivity index (χ2n) is 5.07. The average Bonchev–Trinajstić information content (AvgIpc) is 2.40. The maximum atomic E-state index is 6.11. The maximum absolute atomic E-state index is 6.11. The molecule has 1 aromatic rings. The Bertz CT molecular complexity index is 391. The summed E-state index contributed by atoms with van der Waals surface area (Å²) in [7, 11) is 0. The standard InChI is InChI=1S/C16H24Br2O/c1-4-6-7-13(5-2)11-19-16-12(3)8-15(18)9-14(16)10-17/h8-9,13H,4-7,10-11H2,1-3H3. The number of hydrogen-bond acceptors (Lipinski definition) is 1. The molecule has 0 saturated carbocycles. The molecule has 0 N–H and O–H groups in total. The lowest BCUT2D eigenvalue weighted by atomic mass is 10.0. The Labute approximate surface area is 134 Å². The van der Waals surface area contributed by atoms with Crippen LogP contribution < -0.4 is 4.74 Å². The van der Waals surface area contributed by atoms with Gasteiger partial charge < -0.3 is 4.74 Å². The second kappa shape index (κ2) is 9.02. The molecule has 0 fully saturated rings. The van der Waals surface area contributed by atoms with E-state index in [1.54, 1.807) is 0 Å². The van der Waals surface area contributed by atoms with Gasteiger partial charge in [0.15, 0.2) is 0 Å². The summed E-state index contributed by atoms with van der Waals surface area (Å²) in [5.74, 6) is 1.72. The zero-order chi connectivity index (χ0) is 14.3. The third-order valence-corrected chi connectivity index (χ3v) is 4.53. The average molecular weight is 392 g/mol. The van der Waals surface area contributed by atoms with Crippen LogP contribution >= 0.6 is 31.9 Å². The molecule has 108 valence electrons. The topological polar surface area (TPSA) is 9.23 Å². The highest BCUT2D eigenvalue weighted by atomic mass is 79.9. The number of halogens is 2. The molecule has 0 heterocycles. The van der Waals surface area contributed by atoms with E-state index in [4.69, 9.17) is 4.74 Å². The summed E-state index contributed by atoms with van der Waals surface area (Å²) in [4.78, 5) is 0. The fourth-order valence-corrected chi connectivity index (χ4v) is 3.24. The van der Waals surface area contributed by atoms with Gasteiger partial charge in [-0.15, -0.1) is 0 Å². The monoisotopic (exact) mass is 390 g/mol. The molecular weight excluding hydrogens is 368 g/mol. The van der Waals surface area contributed by atoms with Crippen LogP contribution in [0.1, 0.15) is 50.7 Å². The van der Waals surface area contributed by atoms with Crippen molar-refractivity contribution in [1.29, 1.82) is 0 Å². The number of alkyl halides is 1. The van der Waals surface area contributed by atoms with Crippen LogP contribution in [0.4, 0.5) is 0 Å². The first-order chi connectivity index (χ1) is 9.12. The molecule has 0 amide bonds. The first-order valence-electron chi connectivity index (χ1n) is 7.10. The van der Waals surface area contributed by atoms with Crippen molar-refractivity contribution >= 4 is 31.9 Å². The van der Waals surface area contributed by atoms with E-state index in [1.807, 2.05) is 0 Å². The molecule has 3 heteroatoms. The van der Waals surface area contributed by atoms with Crippen LogP contribution in [0, 0.1) is 12.8 Å². The summed E-state index contributed by atoms with van der Waals surface area (Å²) in [6.45, 7) is 7.44. The molecule has 0 spiro atoms. The molecule has 0 saturated heterocycles. The second-order valence-corrected chi connectivity index (χ2v) is 6.55. The van der Waals surface area contributed by atoms with Crippen molar-refractivity contribution in [3.05, 3.63) is 27.7 Å². The van der Waals surface area contributed by atoms with Crippen molar-refractivity contribution in [3.63, 3.8) is 0 Å². The summed E-state index contributed by atoms with van der Waals surface area (Å²) in [6, 6.07) is 4.25. The van der Waals surface area contributed by atoms with Crippen molar-refractivity contribution in [2.75, 3.05) is 6.61 Å². The summed E-state index contributed by atoms with van der Waals surface area (Å²) >= 11 is 7.08. The van der Waals surface area contributed by atoms with Gasteiger partial charge in [-0.05, 0) is 37.0 Å². The number of benzene rings is 1. The van der Waals surface area contributed by atoms with Gasteiger partial charge in [0.25, 0.3) is 0 Å². The van der Waals surface area contributed by atoms with Crippen LogP contribution in [0.15, 0.2) is 16.6 Å². The first kappa shape index (κ1) is 17.0. The fourth-order valence-electron chi connectivity index (χ4n) is 2.20. The highest BCUT2D eigenvalue weighted by molar-refractivity contribution is 9.10. The summed E-state index contributed by atoms with van der Waals surface area (Å²) in [5, 5.41) is 0.828. The molecule has 0 aromatic heterocycles. The SMILES string of the molecule is CCCCC(CC)COc1c(C)cc(Br)cc1CBr. The van der Waals surface area contributed by atoms with Crippen molar-refractivity contribution in [1.82, 2.24) is 0 Å². The van der Waals surface area contributed by atoms with Crippen LogP contribution in [0.3, 0.4) is 0 Å². The number of hydrogen-bond donors (Lipinski definition) is 0. The molecule has 0 aliphatic heterocycles. The van der Waals surface area contributed by atoms with Gasteiger partial charge in [-0.1, -0.05) is 65.0 Å². The highest BCUT2D eigenvalue weighted by Crippen LogP contribution is 2.30. The molecular formula is C16H24Br2O. The lowest BCUT2D eigenvalue weighted by Gasteiger charge is -2.19. The minimum absolute atomic E-state index is 0.672. The van der Waals surface area contributed by atoms with Gasteiger partial charge in [-0.2, -0.15) is 0 Å². The van der Waals surface area contributed by atoms with Crippen molar-refractivity contribution in [3.8, 4) is 5.75 Å². The van der Waals surface area contributed by atoms with Crippen LogP contribution in [-0.2, 0) is 5.33 Å². The molecule has 1 atom stereocenters. The molecule has 0 bridgehead atoms. The van der Waals surface area contributed by atoms with E-state index < -0.39 is 0 Å². The van der Waals surface area contributed by atoms with Gasteiger partial charge >= 0.3 is 0 Å². The normalized spacial score (nSPS) is 12.5. The molecule has 1 unspecified atom stereocenters. The zero-order valence-corrected chi connectivity index (χ0v) is 15.3. The minimum Gasteiger partial charge on any atom is -0.493 e. The predicted octanol–water partition coefficient (Wildman–Crippen LogP) is 6.25. The maximum Gasteiger partial charge on any atom is 0.126 e. The van der Waals surface area contributed by atoms with Crippen molar-refractivity contribution in [2.45, 2.75) is 51.8 Å². The molecule has 19 heavy (non-hydrogen) atoms. The van der Waals surface area contributed by atoms with Gasteiger partial charge in [0, 0.05) is 15.4 Å². The van der Waals surface area contributed by atoms with Gasteiger partial charge in [0.2, 0.25) is 0 Å². The Morgan fingerprint density at radius 2 is 2.00 bits per heavy atom. The minimum atomic E-state index is 0.672. The lowest BCUT2D eigenvalue weighted by Crippen LogP contribution is -2.12. The van der Waals surface area contributed by atoms with Gasteiger partial charge in [0.05, 0.1) is 6.61 Å². The van der Waals surface area contributed by atoms with Crippen molar-refractivity contribution in [2.24, 2.45) is 5.92 Å². The Balaban J connectivity index is 2.70. The van der Waals surface area contributed by atoms with Gasteiger partial charge in [0.1, 0.15) is 5.75 Å². The van der Waals surface area contributed by atoms with E-state index >= 15 is 0 Å². The molecule has 1 rings (SSSR count). The van der Waals surface area contributed by atoms with Crippen LogP contribution in [0.2, 0.25) is 0 Å². The van der Waals surface area contributed by atoms with E-state index in [0.717, 1.165) is 22.2 Å². The predicted molar refractivity (Wildman–Crippen MR) is 90.3 cm³/mol. The van der Waals surface area contributed by atoms with E-state index in [0.29, 0.717) is 5.92 Å². The van der Waals surface area contributed by atoms with Gasteiger partial charge in [-0.3, -0.25) is 0 Å². The number of ether oxygens (including phenoxy) is 1. The molecule has 0 aliphatic rings.